The highest BCUT2D eigenvalue weighted by atomic mass is 79.9. The summed E-state index contributed by atoms with van der Waals surface area (Å²) in [6, 6.07) is 16.2. The van der Waals surface area contributed by atoms with Crippen LogP contribution in [0.2, 0.25) is 0 Å². The molecule has 0 aliphatic carbocycles. The molecular weight excluding hydrogens is 404 g/mol. The van der Waals surface area contributed by atoms with Gasteiger partial charge < -0.3 is 10.6 Å². The van der Waals surface area contributed by atoms with Gasteiger partial charge in [0, 0.05) is 22.9 Å². The minimum absolute atomic E-state index is 0.00312. The molecule has 2 N–H and O–H groups in total. The Morgan fingerprint density at radius 3 is 2.19 bits per heavy atom. The van der Waals surface area contributed by atoms with E-state index < -0.39 is 0 Å². The van der Waals surface area contributed by atoms with Gasteiger partial charge in [-0.05, 0) is 36.6 Å². The molecule has 2 aromatic carbocycles. The second kappa shape index (κ2) is 9.70. The van der Waals surface area contributed by atoms with Gasteiger partial charge in [0.05, 0.1) is 6.54 Å². The third-order valence-corrected chi connectivity index (χ3v) is 5.09. The third kappa shape index (κ3) is 7.18. The second-order valence-electron chi connectivity index (χ2n) is 7.43. The van der Waals surface area contributed by atoms with Crippen molar-refractivity contribution < 1.29 is 9.59 Å². The summed E-state index contributed by atoms with van der Waals surface area (Å²) in [4.78, 5) is 24.0. The van der Waals surface area contributed by atoms with Crippen molar-refractivity contribution in [1.82, 2.24) is 10.6 Å². The molecule has 0 saturated carbocycles. The summed E-state index contributed by atoms with van der Waals surface area (Å²) in [6.45, 7) is 6.70. The number of carbonyl (C=O) groups is 2. The van der Waals surface area contributed by atoms with Gasteiger partial charge >= 0.3 is 0 Å². The highest BCUT2D eigenvalue weighted by Gasteiger charge is 2.21. The van der Waals surface area contributed by atoms with Gasteiger partial charge in [-0.3, -0.25) is 9.59 Å². The summed E-state index contributed by atoms with van der Waals surface area (Å²) in [5, 5.41) is 5.60. The van der Waals surface area contributed by atoms with Crippen LogP contribution in [0, 0.1) is 6.92 Å². The predicted octanol–water partition coefficient (Wildman–Crippen LogP) is 3.90. The van der Waals surface area contributed by atoms with Crippen LogP contribution in [0.4, 0.5) is 0 Å². The summed E-state index contributed by atoms with van der Waals surface area (Å²) in [6.07, 6.45) is 1.05. The predicted molar refractivity (Wildman–Crippen MR) is 113 cm³/mol. The van der Waals surface area contributed by atoms with Crippen molar-refractivity contribution >= 4 is 27.7 Å². The van der Waals surface area contributed by atoms with E-state index in [0.717, 1.165) is 15.6 Å². The van der Waals surface area contributed by atoms with Crippen LogP contribution < -0.4 is 10.6 Å². The highest BCUT2D eigenvalue weighted by Crippen LogP contribution is 2.23. The number of rotatable bonds is 8. The van der Waals surface area contributed by atoms with Crippen molar-refractivity contribution in [1.29, 1.82) is 0 Å². The van der Waals surface area contributed by atoms with Crippen molar-refractivity contribution in [3.05, 3.63) is 69.7 Å². The van der Waals surface area contributed by atoms with Crippen molar-refractivity contribution in [2.75, 3.05) is 13.1 Å². The normalized spacial score (nSPS) is 11.1. The van der Waals surface area contributed by atoms with Gasteiger partial charge in [-0.1, -0.05) is 71.7 Å². The van der Waals surface area contributed by atoms with Gasteiger partial charge in [-0.2, -0.15) is 0 Å². The molecule has 4 nitrogen and oxygen atoms in total. The van der Waals surface area contributed by atoms with E-state index in [2.05, 4.69) is 40.4 Å². The zero-order valence-electron chi connectivity index (χ0n) is 16.1. The molecular formula is C22H27BrN2O2. The molecule has 0 atom stereocenters. The van der Waals surface area contributed by atoms with Crippen LogP contribution in [-0.4, -0.2) is 24.9 Å². The molecule has 144 valence electrons. The van der Waals surface area contributed by atoms with Crippen LogP contribution >= 0.6 is 15.9 Å². The van der Waals surface area contributed by atoms with E-state index in [1.165, 1.54) is 5.56 Å². The topological polar surface area (TPSA) is 58.2 Å². The molecule has 0 heterocycles. The van der Waals surface area contributed by atoms with Gasteiger partial charge in [0.25, 0.3) is 0 Å². The first-order valence-electron chi connectivity index (χ1n) is 9.11. The first-order valence-corrected chi connectivity index (χ1v) is 9.90. The van der Waals surface area contributed by atoms with Gasteiger partial charge in [-0.25, -0.2) is 0 Å². The molecule has 0 unspecified atom stereocenters. The lowest BCUT2D eigenvalue weighted by Gasteiger charge is -2.25. The monoisotopic (exact) mass is 430 g/mol. The summed E-state index contributed by atoms with van der Waals surface area (Å²) in [5.74, 6) is -0.290. The largest absolute Gasteiger partial charge is 0.354 e. The maximum absolute atomic E-state index is 12.1. The fraction of sp³-hybridized carbons (Fsp3) is 0.364. The van der Waals surface area contributed by atoms with Crippen LogP contribution in [0.5, 0.6) is 0 Å². The van der Waals surface area contributed by atoms with E-state index in [0.29, 0.717) is 19.4 Å². The van der Waals surface area contributed by atoms with Crippen LogP contribution in [0.25, 0.3) is 0 Å². The first kappa shape index (κ1) is 21.2. The summed E-state index contributed by atoms with van der Waals surface area (Å²) in [5.41, 5.74) is 3.28. The molecule has 0 radical (unpaired) electrons. The molecule has 2 amide bonds. The molecule has 0 fully saturated rings. The molecule has 0 aliphatic rings. The SMILES string of the molecule is Cc1ccc(CCC(=O)NCC(=O)NCC(C)(C)c2ccc(Br)cc2)cc1. The molecule has 0 aromatic heterocycles. The van der Waals surface area contributed by atoms with Crippen LogP contribution in [0.15, 0.2) is 53.0 Å². The first-order chi connectivity index (χ1) is 12.8. The molecule has 0 aliphatic heterocycles. The minimum atomic E-state index is -0.189. The van der Waals surface area contributed by atoms with E-state index in [4.69, 9.17) is 0 Å². The second-order valence-corrected chi connectivity index (χ2v) is 8.35. The highest BCUT2D eigenvalue weighted by molar-refractivity contribution is 9.10. The summed E-state index contributed by atoms with van der Waals surface area (Å²) < 4.78 is 1.03. The third-order valence-electron chi connectivity index (χ3n) is 4.56. The number of aryl methyl sites for hydroxylation is 2. The van der Waals surface area contributed by atoms with E-state index in [1.807, 2.05) is 55.5 Å². The van der Waals surface area contributed by atoms with Gasteiger partial charge in [-0.15, -0.1) is 0 Å². The fourth-order valence-corrected chi connectivity index (χ4v) is 2.93. The van der Waals surface area contributed by atoms with Crippen LogP contribution in [-0.2, 0) is 21.4 Å². The van der Waals surface area contributed by atoms with E-state index in [9.17, 15) is 9.59 Å². The molecule has 0 saturated heterocycles. The number of nitrogens with one attached hydrogen (secondary N) is 2. The molecule has 27 heavy (non-hydrogen) atoms. The molecule has 0 spiro atoms. The lowest BCUT2D eigenvalue weighted by Crippen LogP contribution is -2.42. The van der Waals surface area contributed by atoms with E-state index in [-0.39, 0.29) is 23.8 Å². The Balaban J connectivity index is 1.71. The number of hydrogen-bond acceptors (Lipinski definition) is 2. The number of halogens is 1. The zero-order valence-corrected chi connectivity index (χ0v) is 17.7. The maximum Gasteiger partial charge on any atom is 0.239 e. The molecule has 5 heteroatoms. The minimum Gasteiger partial charge on any atom is -0.354 e. The number of amides is 2. The number of benzene rings is 2. The number of hydrogen-bond donors (Lipinski definition) is 2. The molecule has 0 bridgehead atoms. The van der Waals surface area contributed by atoms with Crippen molar-refractivity contribution in [3.8, 4) is 0 Å². The Hall–Kier alpha value is -2.14. The molecule has 2 aromatic rings. The average Bonchev–Trinajstić information content (AvgIpc) is 2.64. The van der Waals surface area contributed by atoms with Crippen molar-refractivity contribution in [3.63, 3.8) is 0 Å². The molecule has 2 rings (SSSR count). The Kier molecular flexibility index (Phi) is 7.60. The van der Waals surface area contributed by atoms with Crippen LogP contribution in [0.3, 0.4) is 0 Å². The average molecular weight is 431 g/mol. The van der Waals surface area contributed by atoms with Gasteiger partial charge in [0.1, 0.15) is 0 Å². The number of carbonyl (C=O) groups excluding carboxylic acids is 2. The van der Waals surface area contributed by atoms with Crippen molar-refractivity contribution in [2.24, 2.45) is 0 Å². The zero-order chi connectivity index (χ0) is 19.9. The summed E-state index contributed by atoms with van der Waals surface area (Å²) in [7, 11) is 0. The van der Waals surface area contributed by atoms with E-state index in [1.54, 1.807) is 0 Å². The van der Waals surface area contributed by atoms with E-state index >= 15 is 0 Å². The Morgan fingerprint density at radius 2 is 1.56 bits per heavy atom. The fourth-order valence-electron chi connectivity index (χ4n) is 2.67. The Morgan fingerprint density at radius 1 is 0.926 bits per heavy atom. The lowest BCUT2D eigenvalue weighted by molar-refractivity contribution is -0.126. The van der Waals surface area contributed by atoms with Crippen LogP contribution in [0.1, 0.15) is 37.0 Å². The van der Waals surface area contributed by atoms with Gasteiger partial charge in [0.2, 0.25) is 11.8 Å². The Bertz CT molecular complexity index is 768. The Labute approximate surface area is 169 Å². The lowest BCUT2D eigenvalue weighted by atomic mass is 9.84. The van der Waals surface area contributed by atoms with Crippen molar-refractivity contribution in [2.45, 2.75) is 39.0 Å². The standard InChI is InChI=1S/C22H27BrN2O2/c1-16-4-6-17(7-5-16)8-13-20(26)24-14-21(27)25-15-22(2,3)18-9-11-19(23)12-10-18/h4-7,9-12H,8,13-15H2,1-3H3,(H,24,26)(H,25,27). The summed E-state index contributed by atoms with van der Waals surface area (Å²) >= 11 is 3.43. The van der Waals surface area contributed by atoms with Gasteiger partial charge in [0.15, 0.2) is 0 Å². The smallest absolute Gasteiger partial charge is 0.239 e. The maximum atomic E-state index is 12.1. The quantitative estimate of drug-likeness (QED) is 0.666.